The van der Waals surface area contributed by atoms with E-state index in [1.165, 1.54) is 12.1 Å². The second-order valence-corrected chi connectivity index (χ2v) is 3.82. The van der Waals surface area contributed by atoms with Crippen molar-refractivity contribution in [1.29, 1.82) is 0 Å². The second-order valence-electron chi connectivity index (χ2n) is 3.82. The maximum Gasteiger partial charge on any atom is 0.125 e. The van der Waals surface area contributed by atoms with Gasteiger partial charge in [0.15, 0.2) is 0 Å². The second kappa shape index (κ2) is 5.71. The van der Waals surface area contributed by atoms with Crippen molar-refractivity contribution in [3.63, 3.8) is 0 Å². The lowest BCUT2D eigenvalue weighted by molar-refractivity contribution is 0.225. The monoisotopic (exact) mass is 211 g/mol. The van der Waals surface area contributed by atoms with Gasteiger partial charge in [-0.3, -0.25) is 0 Å². The first-order valence-corrected chi connectivity index (χ1v) is 5.25. The van der Waals surface area contributed by atoms with Crippen LogP contribution in [0.1, 0.15) is 13.3 Å². The van der Waals surface area contributed by atoms with Crippen molar-refractivity contribution in [1.82, 2.24) is 0 Å². The summed E-state index contributed by atoms with van der Waals surface area (Å²) in [6.07, 6.45) is 0.927. The van der Waals surface area contributed by atoms with E-state index in [0.29, 0.717) is 0 Å². The predicted octanol–water partition coefficient (Wildman–Crippen LogP) is 2.28. The molecular formula is C12H18FNO. The zero-order valence-corrected chi connectivity index (χ0v) is 9.28. The normalized spacial score (nSPS) is 12.5. The van der Waals surface area contributed by atoms with Gasteiger partial charge in [0.2, 0.25) is 0 Å². The number of hydrogen-bond acceptors (Lipinski definition) is 2. The molecule has 0 heterocycles. The minimum Gasteiger partial charge on any atom is -0.396 e. The zero-order valence-electron chi connectivity index (χ0n) is 9.28. The van der Waals surface area contributed by atoms with Crippen LogP contribution in [0, 0.1) is 11.7 Å². The quantitative estimate of drug-likeness (QED) is 0.807. The minimum absolute atomic E-state index is 0.177. The van der Waals surface area contributed by atoms with E-state index in [2.05, 4.69) is 0 Å². The largest absolute Gasteiger partial charge is 0.396 e. The maximum atomic E-state index is 13.0. The molecule has 0 aliphatic carbocycles. The molecule has 1 rings (SSSR count). The van der Waals surface area contributed by atoms with Gasteiger partial charge in [-0.1, -0.05) is 13.0 Å². The molecule has 1 N–H and O–H groups in total. The Morgan fingerprint density at radius 2 is 2.20 bits per heavy atom. The van der Waals surface area contributed by atoms with E-state index in [1.54, 1.807) is 6.07 Å². The fourth-order valence-corrected chi connectivity index (χ4v) is 1.52. The third-order valence-electron chi connectivity index (χ3n) is 2.62. The van der Waals surface area contributed by atoms with Crippen LogP contribution in [-0.2, 0) is 0 Å². The molecule has 84 valence electrons. The molecule has 1 unspecified atom stereocenters. The van der Waals surface area contributed by atoms with E-state index in [0.717, 1.165) is 18.7 Å². The van der Waals surface area contributed by atoms with Crippen LogP contribution in [0.25, 0.3) is 0 Å². The van der Waals surface area contributed by atoms with Crippen LogP contribution in [0.3, 0.4) is 0 Å². The number of halogens is 1. The first-order chi connectivity index (χ1) is 7.17. The van der Waals surface area contributed by atoms with Gasteiger partial charge in [-0.05, 0) is 30.5 Å². The molecule has 0 spiro atoms. The van der Waals surface area contributed by atoms with Gasteiger partial charge in [0.05, 0.1) is 0 Å². The van der Waals surface area contributed by atoms with Crippen molar-refractivity contribution >= 4 is 5.69 Å². The highest BCUT2D eigenvalue weighted by molar-refractivity contribution is 5.45. The Morgan fingerprint density at radius 3 is 2.73 bits per heavy atom. The molecule has 0 aliphatic heterocycles. The number of aliphatic hydroxyl groups excluding tert-OH is 1. The number of aliphatic hydroxyl groups is 1. The molecule has 0 aromatic heterocycles. The molecule has 0 aliphatic rings. The smallest absolute Gasteiger partial charge is 0.125 e. The Labute approximate surface area is 90.3 Å². The number of nitrogens with zero attached hydrogens (tertiary/aromatic N) is 1. The van der Waals surface area contributed by atoms with Crippen LogP contribution in [0.2, 0.25) is 0 Å². The standard InChI is InChI=1S/C12H18FNO/c1-3-10(9-15)8-14(2)12-6-4-5-11(13)7-12/h4-7,10,15H,3,8-9H2,1-2H3. The molecule has 1 aromatic rings. The average Bonchev–Trinajstić information content (AvgIpc) is 2.25. The SMILES string of the molecule is CCC(CO)CN(C)c1cccc(F)c1. The molecule has 0 fully saturated rings. The molecule has 1 atom stereocenters. The topological polar surface area (TPSA) is 23.5 Å². The molecule has 2 nitrogen and oxygen atoms in total. The molecule has 0 saturated carbocycles. The lowest BCUT2D eigenvalue weighted by atomic mass is 10.1. The van der Waals surface area contributed by atoms with Gasteiger partial charge >= 0.3 is 0 Å². The first kappa shape index (κ1) is 12.0. The number of benzene rings is 1. The zero-order chi connectivity index (χ0) is 11.3. The van der Waals surface area contributed by atoms with E-state index in [9.17, 15) is 4.39 Å². The summed E-state index contributed by atoms with van der Waals surface area (Å²) in [5, 5.41) is 9.08. The van der Waals surface area contributed by atoms with Crippen LogP contribution in [0.5, 0.6) is 0 Å². The lowest BCUT2D eigenvalue weighted by Gasteiger charge is -2.23. The fourth-order valence-electron chi connectivity index (χ4n) is 1.52. The van der Waals surface area contributed by atoms with Gasteiger partial charge in [-0.15, -0.1) is 0 Å². The summed E-state index contributed by atoms with van der Waals surface area (Å²) in [7, 11) is 1.91. The van der Waals surface area contributed by atoms with Crippen LogP contribution < -0.4 is 4.90 Å². The van der Waals surface area contributed by atoms with Crippen molar-refractivity contribution < 1.29 is 9.50 Å². The molecule has 0 bridgehead atoms. The summed E-state index contributed by atoms with van der Waals surface area (Å²) < 4.78 is 13.0. The molecule has 0 amide bonds. The Bertz CT molecular complexity index is 299. The maximum absolute atomic E-state index is 13.0. The molecular weight excluding hydrogens is 193 g/mol. The van der Waals surface area contributed by atoms with E-state index >= 15 is 0 Å². The van der Waals surface area contributed by atoms with E-state index in [1.807, 2.05) is 24.9 Å². The van der Waals surface area contributed by atoms with Crippen molar-refractivity contribution in [2.45, 2.75) is 13.3 Å². The van der Waals surface area contributed by atoms with Crippen LogP contribution in [0.15, 0.2) is 24.3 Å². The Morgan fingerprint density at radius 1 is 1.47 bits per heavy atom. The highest BCUT2D eigenvalue weighted by Crippen LogP contribution is 2.16. The van der Waals surface area contributed by atoms with Crippen molar-refractivity contribution in [2.75, 3.05) is 25.1 Å². The van der Waals surface area contributed by atoms with Crippen molar-refractivity contribution in [3.8, 4) is 0 Å². The van der Waals surface area contributed by atoms with Crippen LogP contribution in [0.4, 0.5) is 10.1 Å². The Hall–Kier alpha value is -1.09. The molecule has 0 saturated heterocycles. The van der Waals surface area contributed by atoms with E-state index < -0.39 is 0 Å². The summed E-state index contributed by atoms with van der Waals surface area (Å²) in [6, 6.07) is 6.50. The van der Waals surface area contributed by atoms with Crippen LogP contribution in [-0.4, -0.2) is 25.3 Å². The predicted molar refractivity (Wildman–Crippen MR) is 60.5 cm³/mol. The number of rotatable bonds is 5. The van der Waals surface area contributed by atoms with Gasteiger partial charge in [-0.2, -0.15) is 0 Å². The minimum atomic E-state index is -0.226. The third kappa shape index (κ3) is 3.51. The van der Waals surface area contributed by atoms with Gasteiger partial charge in [0.25, 0.3) is 0 Å². The van der Waals surface area contributed by atoms with Gasteiger partial charge in [0, 0.05) is 25.9 Å². The average molecular weight is 211 g/mol. The summed E-state index contributed by atoms with van der Waals surface area (Å²) in [6.45, 7) is 2.97. The van der Waals surface area contributed by atoms with Gasteiger partial charge in [0.1, 0.15) is 5.82 Å². The number of hydrogen-bond donors (Lipinski definition) is 1. The van der Waals surface area contributed by atoms with Crippen molar-refractivity contribution in [2.24, 2.45) is 5.92 Å². The molecule has 15 heavy (non-hydrogen) atoms. The summed E-state index contributed by atoms with van der Waals surface area (Å²) in [4.78, 5) is 1.97. The number of anilines is 1. The summed E-state index contributed by atoms with van der Waals surface area (Å²) >= 11 is 0. The molecule has 3 heteroatoms. The lowest BCUT2D eigenvalue weighted by Crippen LogP contribution is -2.27. The van der Waals surface area contributed by atoms with Gasteiger partial charge in [-0.25, -0.2) is 4.39 Å². The summed E-state index contributed by atoms with van der Waals surface area (Å²) in [5.41, 5.74) is 0.849. The van der Waals surface area contributed by atoms with Crippen molar-refractivity contribution in [3.05, 3.63) is 30.1 Å². The van der Waals surface area contributed by atoms with Gasteiger partial charge < -0.3 is 10.0 Å². The molecule has 1 aromatic carbocycles. The Balaban J connectivity index is 2.64. The third-order valence-corrected chi connectivity index (χ3v) is 2.62. The highest BCUT2D eigenvalue weighted by atomic mass is 19.1. The van der Waals surface area contributed by atoms with E-state index in [4.69, 9.17) is 5.11 Å². The summed E-state index contributed by atoms with van der Waals surface area (Å²) in [5.74, 6) is 0.0228. The highest BCUT2D eigenvalue weighted by Gasteiger charge is 2.09. The Kier molecular flexibility index (Phi) is 4.56. The van der Waals surface area contributed by atoms with E-state index in [-0.39, 0.29) is 18.3 Å². The molecule has 0 radical (unpaired) electrons. The first-order valence-electron chi connectivity index (χ1n) is 5.25. The van der Waals surface area contributed by atoms with Crippen LogP contribution >= 0.6 is 0 Å². The fraction of sp³-hybridized carbons (Fsp3) is 0.500.